The average molecular weight is 360 g/mol. The van der Waals surface area contributed by atoms with Crippen LogP contribution in [0, 0.1) is 13.8 Å². The predicted octanol–water partition coefficient (Wildman–Crippen LogP) is 5.36. The SMILES string of the molecule is Cc1ccc(-c2csc(N/N=C\c3cn(C)c4ccccc34)n2)cc1C. The molecule has 0 saturated carbocycles. The Morgan fingerprint density at radius 2 is 1.96 bits per heavy atom. The average Bonchev–Trinajstić information content (AvgIpc) is 3.23. The lowest BCUT2D eigenvalue weighted by Crippen LogP contribution is -1.90. The predicted molar refractivity (Wildman–Crippen MR) is 111 cm³/mol. The molecule has 0 spiro atoms. The number of benzene rings is 2. The summed E-state index contributed by atoms with van der Waals surface area (Å²) < 4.78 is 2.11. The van der Waals surface area contributed by atoms with Gasteiger partial charge in [0.2, 0.25) is 5.13 Å². The second-order valence-electron chi connectivity index (χ2n) is 6.42. The molecule has 4 rings (SSSR count). The molecule has 130 valence electrons. The number of hydrazone groups is 1. The van der Waals surface area contributed by atoms with E-state index in [2.05, 4.69) is 75.8 Å². The number of hydrogen-bond acceptors (Lipinski definition) is 4. The van der Waals surface area contributed by atoms with E-state index in [0.717, 1.165) is 22.0 Å². The van der Waals surface area contributed by atoms with E-state index in [1.807, 2.05) is 25.4 Å². The van der Waals surface area contributed by atoms with Gasteiger partial charge in [-0.15, -0.1) is 11.3 Å². The number of fused-ring (bicyclic) bond motifs is 1. The van der Waals surface area contributed by atoms with E-state index < -0.39 is 0 Å². The molecule has 5 heteroatoms. The van der Waals surface area contributed by atoms with Crippen molar-refractivity contribution in [3.8, 4) is 11.3 Å². The van der Waals surface area contributed by atoms with E-state index in [0.29, 0.717) is 0 Å². The van der Waals surface area contributed by atoms with Crippen molar-refractivity contribution in [3.63, 3.8) is 0 Å². The zero-order valence-corrected chi connectivity index (χ0v) is 15.8. The van der Waals surface area contributed by atoms with Crippen LogP contribution in [-0.2, 0) is 7.05 Å². The molecule has 0 unspecified atom stereocenters. The normalized spacial score (nSPS) is 11.5. The summed E-state index contributed by atoms with van der Waals surface area (Å²) in [5.41, 5.74) is 10.0. The lowest BCUT2D eigenvalue weighted by molar-refractivity contribution is 0.968. The first-order valence-electron chi connectivity index (χ1n) is 8.48. The van der Waals surface area contributed by atoms with Crippen molar-refractivity contribution in [2.45, 2.75) is 13.8 Å². The Morgan fingerprint density at radius 3 is 2.81 bits per heavy atom. The Bertz CT molecular complexity index is 1100. The van der Waals surface area contributed by atoms with Gasteiger partial charge in [0.1, 0.15) is 0 Å². The summed E-state index contributed by atoms with van der Waals surface area (Å²) >= 11 is 1.56. The summed E-state index contributed by atoms with van der Waals surface area (Å²) in [6, 6.07) is 14.7. The molecule has 0 aliphatic rings. The molecule has 2 aromatic carbocycles. The molecule has 4 nitrogen and oxygen atoms in total. The number of nitrogens with zero attached hydrogens (tertiary/aromatic N) is 3. The van der Waals surface area contributed by atoms with Crippen LogP contribution in [0.5, 0.6) is 0 Å². The number of aromatic nitrogens is 2. The molecular weight excluding hydrogens is 340 g/mol. The number of aryl methyl sites for hydroxylation is 3. The molecule has 0 fully saturated rings. The van der Waals surface area contributed by atoms with Crippen molar-refractivity contribution in [1.29, 1.82) is 0 Å². The van der Waals surface area contributed by atoms with Crippen LogP contribution in [-0.4, -0.2) is 15.8 Å². The van der Waals surface area contributed by atoms with Crippen LogP contribution in [0.4, 0.5) is 5.13 Å². The smallest absolute Gasteiger partial charge is 0.203 e. The third kappa shape index (κ3) is 3.13. The van der Waals surface area contributed by atoms with Gasteiger partial charge in [0.05, 0.1) is 11.9 Å². The van der Waals surface area contributed by atoms with Crippen molar-refractivity contribution in [1.82, 2.24) is 9.55 Å². The Morgan fingerprint density at radius 1 is 1.12 bits per heavy atom. The highest BCUT2D eigenvalue weighted by Crippen LogP contribution is 2.26. The standard InChI is InChI=1S/C21H20N4S/c1-14-8-9-16(10-15(14)2)19-13-26-21(23-19)24-22-11-17-12-25(3)20-7-5-4-6-18(17)20/h4-13H,1-3H3,(H,23,24)/b22-11-. The molecular formula is C21H20N4S. The van der Waals surface area contributed by atoms with Gasteiger partial charge in [0, 0.05) is 40.7 Å². The monoisotopic (exact) mass is 360 g/mol. The molecule has 1 N–H and O–H groups in total. The quantitative estimate of drug-likeness (QED) is 0.393. The first-order chi connectivity index (χ1) is 12.6. The molecule has 0 radical (unpaired) electrons. The summed E-state index contributed by atoms with van der Waals surface area (Å²) in [5, 5.41) is 8.41. The number of anilines is 1. The van der Waals surface area contributed by atoms with Crippen molar-refractivity contribution in [2.75, 3.05) is 5.43 Å². The van der Waals surface area contributed by atoms with Crippen molar-refractivity contribution in [2.24, 2.45) is 12.1 Å². The van der Waals surface area contributed by atoms with Gasteiger partial charge in [-0.25, -0.2) is 4.98 Å². The third-order valence-corrected chi connectivity index (χ3v) is 5.35. The lowest BCUT2D eigenvalue weighted by Gasteiger charge is -2.02. The van der Waals surface area contributed by atoms with Gasteiger partial charge in [-0.3, -0.25) is 5.43 Å². The zero-order chi connectivity index (χ0) is 18.1. The second kappa shape index (κ2) is 6.77. The summed E-state index contributed by atoms with van der Waals surface area (Å²) in [6.45, 7) is 4.24. The highest BCUT2D eigenvalue weighted by Gasteiger charge is 2.06. The fourth-order valence-electron chi connectivity index (χ4n) is 2.99. The maximum absolute atomic E-state index is 4.64. The van der Waals surface area contributed by atoms with Gasteiger partial charge in [-0.2, -0.15) is 5.10 Å². The van der Waals surface area contributed by atoms with Crippen LogP contribution < -0.4 is 5.43 Å². The van der Waals surface area contributed by atoms with Crippen LogP contribution in [0.15, 0.2) is 59.1 Å². The van der Waals surface area contributed by atoms with E-state index in [1.54, 1.807) is 11.3 Å². The van der Waals surface area contributed by atoms with E-state index in [-0.39, 0.29) is 0 Å². The summed E-state index contributed by atoms with van der Waals surface area (Å²) in [4.78, 5) is 4.64. The number of rotatable bonds is 4. The molecule has 2 heterocycles. The van der Waals surface area contributed by atoms with E-state index in [9.17, 15) is 0 Å². The fourth-order valence-corrected chi connectivity index (χ4v) is 3.66. The summed E-state index contributed by atoms with van der Waals surface area (Å²) in [7, 11) is 2.05. The highest BCUT2D eigenvalue weighted by atomic mass is 32.1. The topological polar surface area (TPSA) is 42.2 Å². The molecule has 0 aliphatic carbocycles. The van der Waals surface area contributed by atoms with Crippen LogP contribution >= 0.6 is 11.3 Å². The minimum Gasteiger partial charge on any atom is -0.350 e. The van der Waals surface area contributed by atoms with E-state index >= 15 is 0 Å². The van der Waals surface area contributed by atoms with Crippen molar-refractivity contribution >= 4 is 33.6 Å². The van der Waals surface area contributed by atoms with Crippen LogP contribution in [0.1, 0.15) is 16.7 Å². The van der Waals surface area contributed by atoms with Gasteiger partial charge in [0.15, 0.2) is 0 Å². The number of nitrogens with one attached hydrogen (secondary N) is 1. The Labute approximate surface area is 156 Å². The zero-order valence-electron chi connectivity index (χ0n) is 15.0. The Hall–Kier alpha value is -2.92. The molecule has 4 aromatic rings. The largest absolute Gasteiger partial charge is 0.350 e. The first kappa shape index (κ1) is 16.5. The van der Waals surface area contributed by atoms with Crippen LogP contribution in [0.3, 0.4) is 0 Å². The molecule has 2 aromatic heterocycles. The molecule has 0 aliphatic heterocycles. The van der Waals surface area contributed by atoms with Gasteiger partial charge < -0.3 is 4.57 Å². The maximum Gasteiger partial charge on any atom is 0.203 e. The molecule has 0 atom stereocenters. The summed E-state index contributed by atoms with van der Waals surface area (Å²) in [5.74, 6) is 0. The van der Waals surface area contributed by atoms with Crippen LogP contribution in [0.2, 0.25) is 0 Å². The second-order valence-corrected chi connectivity index (χ2v) is 7.28. The highest BCUT2D eigenvalue weighted by molar-refractivity contribution is 7.14. The lowest BCUT2D eigenvalue weighted by atomic mass is 10.1. The van der Waals surface area contributed by atoms with Gasteiger partial charge in [-0.1, -0.05) is 30.3 Å². The van der Waals surface area contributed by atoms with Gasteiger partial charge in [0.25, 0.3) is 0 Å². The number of hydrogen-bond donors (Lipinski definition) is 1. The number of thiazole rings is 1. The minimum atomic E-state index is 0.787. The maximum atomic E-state index is 4.64. The van der Waals surface area contributed by atoms with Crippen molar-refractivity contribution < 1.29 is 0 Å². The minimum absolute atomic E-state index is 0.787. The molecule has 26 heavy (non-hydrogen) atoms. The number of para-hydroxylation sites is 1. The van der Waals surface area contributed by atoms with Gasteiger partial charge >= 0.3 is 0 Å². The summed E-state index contributed by atoms with van der Waals surface area (Å²) in [6.07, 6.45) is 3.93. The van der Waals surface area contributed by atoms with E-state index in [4.69, 9.17) is 0 Å². The van der Waals surface area contributed by atoms with E-state index in [1.165, 1.54) is 22.0 Å². The molecule has 0 amide bonds. The Kier molecular flexibility index (Phi) is 4.31. The fraction of sp³-hybridized carbons (Fsp3) is 0.143. The van der Waals surface area contributed by atoms with Gasteiger partial charge in [-0.05, 0) is 37.1 Å². The van der Waals surface area contributed by atoms with Crippen LogP contribution in [0.25, 0.3) is 22.2 Å². The Balaban J connectivity index is 1.52. The first-order valence-corrected chi connectivity index (χ1v) is 9.36. The molecule has 0 bridgehead atoms. The van der Waals surface area contributed by atoms with Crippen molar-refractivity contribution in [3.05, 3.63) is 70.7 Å². The third-order valence-electron chi connectivity index (χ3n) is 4.60. The molecule has 0 saturated heterocycles.